The molecule has 0 N–H and O–H groups in total. The summed E-state index contributed by atoms with van der Waals surface area (Å²) in [5.41, 5.74) is -4.26. The fourth-order valence-electron chi connectivity index (χ4n) is 6.37. The second-order valence-corrected chi connectivity index (χ2v) is 13.1. The van der Waals surface area contributed by atoms with Crippen LogP contribution in [-0.2, 0) is 19.9 Å². The van der Waals surface area contributed by atoms with Gasteiger partial charge in [-0.05, 0) is 75.3 Å². The minimum atomic E-state index is -5.17. The Hall–Kier alpha value is -2.86. The summed E-state index contributed by atoms with van der Waals surface area (Å²) >= 11 is 3.03. The molecule has 2 heterocycles. The van der Waals surface area contributed by atoms with Gasteiger partial charge in [0.2, 0.25) is 0 Å². The van der Waals surface area contributed by atoms with Crippen LogP contribution in [0, 0.1) is 11.2 Å². The minimum absolute atomic E-state index is 0.0224. The van der Waals surface area contributed by atoms with Crippen LogP contribution in [0.5, 0.6) is 5.75 Å². The van der Waals surface area contributed by atoms with Crippen LogP contribution in [0.2, 0.25) is 0 Å². The van der Waals surface area contributed by atoms with Crippen molar-refractivity contribution in [3.05, 3.63) is 63.9 Å². The van der Waals surface area contributed by atoms with Gasteiger partial charge in [-0.1, -0.05) is 34.1 Å². The summed E-state index contributed by atoms with van der Waals surface area (Å²) in [6, 6.07) is 10.2. The van der Waals surface area contributed by atoms with E-state index in [0.29, 0.717) is 44.2 Å². The number of methoxy groups -OCH3 is 2. The van der Waals surface area contributed by atoms with Gasteiger partial charge in [-0.2, -0.15) is 13.2 Å². The average molecular weight is 674 g/mol. The van der Waals surface area contributed by atoms with E-state index < -0.39 is 46.2 Å². The molecule has 236 valence electrons. The smallest absolute Gasteiger partial charge is 0.430 e. The first kappa shape index (κ1) is 33.0. The molecule has 0 saturated carbocycles. The highest BCUT2D eigenvalue weighted by molar-refractivity contribution is 9.10. The predicted molar refractivity (Wildman–Crippen MR) is 155 cm³/mol. The molecule has 12 heteroatoms. The first-order chi connectivity index (χ1) is 20.1. The fraction of sp³-hybridized carbons (Fsp3) is 0.548. The van der Waals surface area contributed by atoms with E-state index in [4.69, 9.17) is 14.2 Å². The van der Waals surface area contributed by atoms with Crippen LogP contribution in [0.1, 0.15) is 57.1 Å². The largest absolute Gasteiger partial charge is 0.496 e. The van der Waals surface area contributed by atoms with Gasteiger partial charge in [0.05, 0.1) is 7.11 Å². The van der Waals surface area contributed by atoms with Crippen LogP contribution in [0.3, 0.4) is 0 Å². The Morgan fingerprint density at radius 1 is 0.953 bits per heavy atom. The van der Waals surface area contributed by atoms with E-state index in [1.807, 2.05) is 24.3 Å². The number of carbonyl (C=O) groups is 2. The lowest BCUT2D eigenvalue weighted by molar-refractivity contribution is -0.271. The van der Waals surface area contributed by atoms with Crippen LogP contribution in [0.25, 0.3) is 0 Å². The summed E-state index contributed by atoms with van der Waals surface area (Å²) in [6.45, 7) is 6.16. The molecule has 2 aromatic rings. The first-order valence-electron chi connectivity index (χ1n) is 14.1. The lowest BCUT2D eigenvalue weighted by Gasteiger charge is -2.52. The van der Waals surface area contributed by atoms with Crippen LogP contribution in [-0.4, -0.2) is 74.0 Å². The summed E-state index contributed by atoms with van der Waals surface area (Å²) in [5, 5.41) is 0. The van der Waals surface area contributed by atoms with E-state index in [0.717, 1.165) is 29.7 Å². The second-order valence-electron chi connectivity index (χ2n) is 12.2. The maximum absolute atomic E-state index is 14.7. The van der Waals surface area contributed by atoms with Gasteiger partial charge in [0, 0.05) is 49.2 Å². The van der Waals surface area contributed by atoms with Gasteiger partial charge >= 0.3 is 12.3 Å². The summed E-state index contributed by atoms with van der Waals surface area (Å²) in [6.07, 6.45) is -4.28. The minimum Gasteiger partial charge on any atom is -0.496 e. The molecule has 2 atom stereocenters. The number of para-hydroxylation sites is 1. The molecule has 1 spiro atoms. The van der Waals surface area contributed by atoms with Crippen molar-refractivity contribution in [3.8, 4) is 5.75 Å². The molecule has 0 aliphatic carbocycles. The zero-order valence-corrected chi connectivity index (χ0v) is 26.5. The second kappa shape index (κ2) is 12.3. The van der Waals surface area contributed by atoms with Gasteiger partial charge in [-0.25, -0.2) is 9.18 Å². The fourth-order valence-corrected chi connectivity index (χ4v) is 6.84. The van der Waals surface area contributed by atoms with Crippen molar-refractivity contribution >= 4 is 27.9 Å². The van der Waals surface area contributed by atoms with E-state index >= 15 is 0 Å². The highest BCUT2D eigenvalue weighted by Gasteiger charge is 2.64. The molecule has 2 aliphatic rings. The van der Waals surface area contributed by atoms with E-state index in [2.05, 4.69) is 15.9 Å². The van der Waals surface area contributed by atoms with E-state index in [1.54, 1.807) is 32.8 Å². The van der Waals surface area contributed by atoms with Crippen LogP contribution in [0.4, 0.5) is 22.4 Å². The average Bonchev–Trinajstić information content (AvgIpc) is 2.92. The van der Waals surface area contributed by atoms with Gasteiger partial charge in [-0.3, -0.25) is 4.79 Å². The molecule has 2 aromatic carbocycles. The Morgan fingerprint density at radius 3 is 2.09 bits per heavy atom. The van der Waals surface area contributed by atoms with E-state index in [1.165, 1.54) is 0 Å². The number of likely N-dealkylation sites (tertiary alicyclic amines) is 2. The van der Waals surface area contributed by atoms with Crippen molar-refractivity contribution < 1.29 is 41.4 Å². The molecule has 0 radical (unpaired) electrons. The van der Waals surface area contributed by atoms with Gasteiger partial charge in [0.1, 0.15) is 17.2 Å². The topological polar surface area (TPSA) is 68.3 Å². The number of rotatable bonds is 5. The standard InChI is InChI=1S/C31H37BrF4N2O5/c1-28(2,3)43-27(40)38-15-12-29(24(19-38)23-8-6-7-9-25(23)41-4)10-13-37(14-11-29)26(39)30(42-5,31(34,35)36)20-16-21(32)18-22(33)17-20/h6-9,16-18,24H,10-15,19H2,1-5H3. The van der Waals surface area contributed by atoms with E-state index in [-0.39, 0.29) is 23.5 Å². The third kappa shape index (κ3) is 6.50. The van der Waals surface area contributed by atoms with Gasteiger partial charge in [0.15, 0.2) is 0 Å². The molecule has 4 rings (SSSR count). The third-order valence-electron chi connectivity index (χ3n) is 8.51. The quantitative estimate of drug-likeness (QED) is 0.319. The number of benzene rings is 2. The summed E-state index contributed by atoms with van der Waals surface area (Å²) in [4.78, 5) is 29.6. The lowest BCUT2D eigenvalue weighted by atomic mass is 9.62. The van der Waals surface area contributed by atoms with Gasteiger partial charge in [-0.15, -0.1) is 0 Å². The molecule has 43 heavy (non-hydrogen) atoms. The SMILES string of the molecule is COc1ccccc1C1CN(C(=O)OC(C)(C)C)CCC12CCN(C(=O)C(OC)(c1cc(F)cc(Br)c1)C(F)(F)F)CC2. The summed E-state index contributed by atoms with van der Waals surface area (Å²) in [7, 11) is 2.37. The van der Waals surface area contributed by atoms with Crippen molar-refractivity contribution in [1.29, 1.82) is 0 Å². The molecule has 2 unspecified atom stereocenters. The van der Waals surface area contributed by atoms with Crippen molar-refractivity contribution in [1.82, 2.24) is 9.80 Å². The number of nitrogens with zero attached hydrogens (tertiary/aromatic N) is 2. The Balaban J connectivity index is 1.66. The normalized spacial score (nSPS) is 20.5. The van der Waals surface area contributed by atoms with Crippen molar-refractivity contribution in [2.24, 2.45) is 5.41 Å². The Labute approximate surface area is 257 Å². The molecule has 2 amide bonds. The number of ether oxygens (including phenoxy) is 3. The van der Waals surface area contributed by atoms with Crippen LogP contribution >= 0.6 is 15.9 Å². The molecule has 2 saturated heterocycles. The summed E-state index contributed by atoms with van der Waals surface area (Å²) < 4.78 is 74.7. The molecule has 0 bridgehead atoms. The van der Waals surface area contributed by atoms with Crippen LogP contribution < -0.4 is 4.74 Å². The molecular formula is C31H37BrF4N2O5. The monoisotopic (exact) mass is 672 g/mol. The van der Waals surface area contributed by atoms with Gasteiger partial charge in [0.25, 0.3) is 11.5 Å². The number of hydrogen-bond donors (Lipinski definition) is 0. The Bertz CT molecular complexity index is 1320. The summed E-state index contributed by atoms with van der Waals surface area (Å²) in [5.74, 6) is -1.81. The molecule has 7 nitrogen and oxygen atoms in total. The number of amides is 2. The number of carbonyl (C=O) groups excluding carboxylic acids is 2. The van der Waals surface area contributed by atoms with E-state index in [9.17, 15) is 27.2 Å². The predicted octanol–water partition coefficient (Wildman–Crippen LogP) is 7.03. The number of halogens is 5. The molecule has 0 aromatic heterocycles. The number of piperidine rings is 2. The van der Waals surface area contributed by atoms with Crippen molar-refractivity contribution in [3.63, 3.8) is 0 Å². The molecular weight excluding hydrogens is 636 g/mol. The first-order valence-corrected chi connectivity index (χ1v) is 14.8. The molecule has 2 fully saturated rings. The third-order valence-corrected chi connectivity index (χ3v) is 8.97. The highest BCUT2D eigenvalue weighted by Crippen LogP contribution is 2.53. The maximum Gasteiger partial charge on any atom is 0.430 e. The van der Waals surface area contributed by atoms with Crippen LogP contribution in [0.15, 0.2) is 46.9 Å². The number of alkyl halides is 3. The zero-order chi connectivity index (χ0) is 31.8. The van der Waals surface area contributed by atoms with Crippen molar-refractivity contribution in [2.45, 2.75) is 63.3 Å². The molecule has 2 aliphatic heterocycles. The zero-order valence-electron chi connectivity index (χ0n) is 24.9. The Kier molecular flexibility index (Phi) is 9.42. The number of hydrogen-bond acceptors (Lipinski definition) is 5. The van der Waals surface area contributed by atoms with Gasteiger partial charge < -0.3 is 24.0 Å². The maximum atomic E-state index is 14.7. The lowest BCUT2D eigenvalue weighted by Crippen LogP contribution is -2.60. The Morgan fingerprint density at radius 2 is 1.56 bits per heavy atom. The highest BCUT2D eigenvalue weighted by atomic mass is 79.9. The van der Waals surface area contributed by atoms with Crippen molar-refractivity contribution in [2.75, 3.05) is 40.4 Å².